The molecule has 3 nitrogen and oxygen atoms in total. The third kappa shape index (κ3) is 4.53. The first-order chi connectivity index (χ1) is 7.73. The van der Waals surface area contributed by atoms with Crippen LogP contribution in [0.3, 0.4) is 0 Å². The summed E-state index contributed by atoms with van der Waals surface area (Å²) >= 11 is 0. The van der Waals surface area contributed by atoms with Crippen LogP contribution in [0.4, 0.5) is 13.2 Å². The van der Waals surface area contributed by atoms with E-state index in [2.05, 4.69) is 10.6 Å². The highest BCUT2D eigenvalue weighted by Crippen LogP contribution is 2.23. The second-order valence-corrected chi connectivity index (χ2v) is 4.91. The Kier molecular flexibility index (Phi) is 4.41. The summed E-state index contributed by atoms with van der Waals surface area (Å²) < 4.78 is 36.4. The van der Waals surface area contributed by atoms with Gasteiger partial charge >= 0.3 is 6.18 Å². The molecule has 0 aromatic rings. The maximum atomic E-state index is 12.1. The Bertz CT molecular complexity index is 272. The summed E-state index contributed by atoms with van der Waals surface area (Å²) in [5.74, 6) is -0.339. The standard InChI is InChI=1S/C11H19F3N2O/c1-8(7-11(12,13)14)16-9(17)10(2)5-3-4-6-15-10/h8,15H,3-7H2,1-2H3,(H,16,17). The summed E-state index contributed by atoms with van der Waals surface area (Å²) in [7, 11) is 0. The van der Waals surface area contributed by atoms with E-state index in [1.165, 1.54) is 6.92 Å². The minimum absolute atomic E-state index is 0.339. The number of halogens is 3. The third-order valence-electron chi connectivity index (χ3n) is 3.04. The maximum Gasteiger partial charge on any atom is 0.391 e. The molecule has 1 heterocycles. The maximum absolute atomic E-state index is 12.1. The van der Waals surface area contributed by atoms with E-state index in [-0.39, 0.29) is 5.91 Å². The van der Waals surface area contributed by atoms with Crippen molar-refractivity contribution < 1.29 is 18.0 Å². The largest absolute Gasteiger partial charge is 0.391 e. The van der Waals surface area contributed by atoms with Crippen molar-refractivity contribution in [1.29, 1.82) is 0 Å². The van der Waals surface area contributed by atoms with Gasteiger partial charge in [-0.2, -0.15) is 13.2 Å². The molecule has 1 aliphatic rings. The van der Waals surface area contributed by atoms with E-state index in [1.807, 2.05) is 0 Å². The van der Waals surface area contributed by atoms with Gasteiger partial charge in [0.2, 0.25) is 5.91 Å². The van der Waals surface area contributed by atoms with Crippen molar-refractivity contribution in [2.24, 2.45) is 0 Å². The van der Waals surface area contributed by atoms with Gasteiger partial charge in [0.25, 0.3) is 0 Å². The van der Waals surface area contributed by atoms with Crippen LogP contribution < -0.4 is 10.6 Å². The zero-order valence-electron chi connectivity index (χ0n) is 10.2. The summed E-state index contributed by atoms with van der Waals surface area (Å²) in [6.07, 6.45) is -2.65. The predicted octanol–water partition coefficient (Wildman–Crippen LogP) is 1.98. The molecule has 2 N–H and O–H groups in total. The molecular formula is C11H19F3N2O. The topological polar surface area (TPSA) is 41.1 Å². The average Bonchev–Trinajstić information content (AvgIpc) is 2.15. The van der Waals surface area contributed by atoms with E-state index in [4.69, 9.17) is 0 Å². The van der Waals surface area contributed by atoms with E-state index in [0.29, 0.717) is 6.42 Å². The van der Waals surface area contributed by atoms with Crippen LogP contribution in [0.2, 0.25) is 0 Å². The Morgan fingerprint density at radius 1 is 1.47 bits per heavy atom. The van der Waals surface area contributed by atoms with Crippen molar-refractivity contribution in [2.45, 2.75) is 57.3 Å². The first kappa shape index (κ1) is 14.3. The van der Waals surface area contributed by atoms with Crippen molar-refractivity contribution in [3.63, 3.8) is 0 Å². The fourth-order valence-corrected chi connectivity index (χ4v) is 2.03. The number of amides is 1. The van der Waals surface area contributed by atoms with E-state index < -0.39 is 24.2 Å². The van der Waals surface area contributed by atoms with Crippen molar-refractivity contribution in [1.82, 2.24) is 10.6 Å². The highest BCUT2D eigenvalue weighted by Gasteiger charge is 2.37. The lowest BCUT2D eigenvalue weighted by atomic mass is 9.90. The number of rotatable bonds is 3. The van der Waals surface area contributed by atoms with Gasteiger partial charge in [0, 0.05) is 6.04 Å². The lowest BCUT2D eigenvalue weighted by Crippen LogP contribution is -2.58. The number of carbonyl (C=O) groups excluding carboxylic acids is 1. The molecular weight excluding hydrogens is 233 g/mol. The van der Waals surface area contributed by atoms with Gasteiger partial charge in [-0.1, -0.05) is 0 Å². The van der Waals surface area contributed by atoms with E-state index in [0.717, 1.165) is 19.4 Å². The first-order valence-electron chi connectivity index (χ1n) is 5.86. The van der Waals surface area contributed by atoms with Crippen molar-refractivity contribution in [2.75, 3.05) is 6.54 Å². The summed E-state index contributed by atoms with van der Waals surface area (Å²) in [4.78, 5) is 11.9. The number of alkyl halides is 3. The summed E-state index contributed by atoms with van der Waals surface area (Å²) in [6.45, 7) is 3.84. The van der Waals surface area contributed by atoms with Crippen LogP contribution in [0, 0.1) is 0 Å². The molecule has 1 amide bonds. The molecule has 0 bridgehead atoms. The van der Waals surface area contributed by atoms with Crippen molar-refractivity contribution >= 4 is 5.91 Å². The highest BCUT2D eigenvalue weighted by atomic mass is 19.4. The molecule has 1 fully saturated rings. The SMILES string of the molecule is CC(CC(F)(F)F)NC(=O)C1(C)CCCCN1. The van der Waals surface area contributed by atoms with Gasteiger partial charge in [-0.05, 0) is 39.7 Å². The van der Waals surface area contributed by atoms with Crippen molar-refractivity contribution in [3.05, 3.63) is 0 Å². The Morgan fingerprint density at radius 2 is 2.12 bits per heavy atom. The normalized spacial score (nSPS) is 27.6. The lowest BCUT2D eigenvalue weighted by Gasteiger charge is -2.34. The molecule has 0 aromatic carbocycles. The van der Waals surface area contributed by atoms with Crippen LogP contribution in [0.1, 0.15) is 39.5 Å². The molecule has 1 aliphatic heterocycles. The monoisotopic (exact) mass is 252 g/mol. The summed E-state index contributed by atoms with van der Waals surface area (Å²) in [5, 5.41) is 5.50. The van der Waals surface area contributed by atoms with Crippen LogP contribution >= 0.6 is 0 Å². The number of carbonyl (C=O) groups is 1. The van der Waals surface area contributed by atoms with E-state index in [1.54, 1.807) is 6.92 Å². The zero-order chi connectivity index (χ0) is 13.1. The third-order valence-corrected chi connectivity index (χ3v) is 3.04. The van der Waals surface area contributed by atoms with Crippen LogP contribution in [-0.2, 0) is 4.79 Å². The van der Waals surface area contributed by atoms with Gasteiger partial charge in [-0.25, -0.2) is 0 Å². The molecule has 2 unspecified atom stereocenters. The predicted molar refractivity (Wildman–Crippen MR) is 58.5 cm³/mol. The summed E-state index contributed by atoms with van der Waals surface area (Å²) in [5.41, 5.74) is -0.724. The molecule has 0 saturated carbocycles. The fourth-order valence-electron chi connectivity index (χ4n) is 2.03. The van der Waals surface area contributed by atoms with Gasteiger partial charge < -0.3 is 10.6 Å². The minimum atomic E-state index is -4.24. The number of piperidine rings is 1. The smallest absolute Gasteiger partial charge is 0.352 e. The molecule has 1 rings (SSSR count). The fraction of sp³-hybridized carbons (Fsp3) is 0.909. The summed E-state index contributed by atoms with van der Waals surface area (Å²) in [6, 6.07) is -0.886. The van der Waals surface area contributed by atoms with Crippen LogP contribution in [0.25, 0.3) is 0 Å². The van der Waals surface area contributed by atoms with Crippen LogP contribution in [0.15, 0.2) is 0 Å². The molecule has 0 radical (unpaired) electrons. The average molecular weight is 252 g/mol. The molecule has 6 heteroatoms. The molecule has 100 valence electrons. The minimum Gasteiger partial charge on any atom is -0.352 e. The first-order valence-corrected chi connectivity index (χ1v) is 5.86. The van der Waals surface area contributed by atoms with Crippen LogP contribution in [0.5, 0.6) is 0 Å². The van der Waals surface area contributed by atoms with Gasteiger partial charge in [0.15, 0.2) is 0 Å². The second kappa shape index (κ2) is 5.25. The highest BCUT2D eigenvalue weighted by molar-refractivity contribution is 5.86. The number of hydrogen-bond donors (Lipinski definition) is 2. The Balaban J connectivity index is 2.47. The van der Waals surface area contributed by atoms with Gasteiger partial charge in [-0.3, -0.25) is 4.79 Å². The number of hydrogen-bond acceptors (Lipinski definition) is 2. The molecule has 1 saturated heterocycles. The zero-order valence-corrected chi connectivity index (χ0v) is 10.2. The molecule has 0 aliphatic carbocycles. The lowest BCUT2D eigenvalue weighted by molar-refractivity contribution is -0.143. The van der Waals surface area contributed by atoms with E-state index in [9.17, 15) is 18.0 Å². The Hall–Kier alpha value is -0.780. The van der Waals surface area contributed by atoms with Gasteiger partial charge in [0.1, 0.15) is 0 Å². The van der Waals surface area contributed by atoms with E-state index >= 15 is 0 Å². The van der Waals surface area contributed by atoms with Crippen LogP contribution in [-0.4, -0.2) is 30.2 Å². The second-order valence-electron chi connectivity index (χ2n) is 4.91. The molecule has 17 heavy (non-hydrogen) atoms. The van der Waals surface area contributed by atoms with Gasteiger partial charge in [-0.15, -0.1) is 0 Å². The van der Waals surface area contributed by atoms with Crippen molar-refractivity contribution in [3.8, 4) is 0 Å². The molecule has 0 aromatic heterocycles. The Labute approximate surface area is 99.1 Å². The molecule has 2 atom stereocenters. The molecule has 0 spiro atoms. The van der Waals surface area contributed by atoms with Gasteiger partial charge in [0.05, 0.1) is 12.0 Å². The Morgan fingerprint density at radius 3 is 2.59 bits per heavy atom. The number of nitrogens with one attached hydrogen (secondary N) is 2. The quantitative estimate of drug-likeness (QED) is 0.806.